The zero-order valence-electron chi connectivity index (χ0n) is 8.46. The zero-order valence-corrected chi connectivity index (χ0v) is 8.46. The SMILES string of the molecule is CC(C)N=CC(C)(C)CCC#N. The van der Waals surface area contributed by atoms with Gasteiger partial charge in [-0.25, -0.2) is 0 Å². The van der Waals surface area contributed by atoms with E-state index in [-0.39, 0.29) is 5.41 Å². The van der Waals surface area contributed by atoms with Crippen LogP contribution >= 0.6 is 0 Å². The average molecular weight is 166 g/mol. The molecule has 0 heterocycles. The van der Waals surface area contributed by atoms with E-state index in [1.807, 2.05) is 6.21 Å². The van der Waals surface area contributed by atoms with Crippen molar-refractivity contribution < 1.29 is 0 Å². The number of hydrogen-bond acceptors (Lipinski definition) is 2. The largest absolute Gasteiger partial charge is 0.294 e. The Morgan fingerprint density at radius 3 is 2.50 bits per heavy atom. The van der Waals surface area contributed by atoms with Gasteiger partial charge in [0.05, 0.1) is 6.07 Å². The summed E-state index contributed by atoms with van der Waals surface area (Å²) in [7, 11) is 0. The van der Waals surface area contributed by atoms with Crippen molar-refractivity contribution in [2.75, 3.05) is 0 Å². The van der Waals surface area contributed by atoms with Crippen LogP contribution in [0.4, 0.5) is 0 Å². The van der Waals surface area contributed by atoms with Gasteiger partial charge in [-0.15, -0.1) is 0 Å². The first-order valence-electron chi connectivity index (χ1n) is 4.39. The quantitative estimate of drug-likeness (QED) is 0.591. The lowest BCUT2D eigenvalue weighted by atomic mass is 9.89. The Morgan fingerprint density at radius 2 is 2.08 bits per heavy atom. The number of rotatable bonds is 4. The fraction of sp³-hybridized carbons (Fsp3) is 0.800. The molecule has 0 aromatic heterocycles. The Morgan fingerprint density at radius 1 is 1.50 bits per heavy atom. The minimum Gasteiger partial charge on any atom is -0.294 e. The van der Waals surface area contributed by atoms with Gasteiger partial charge in [0.1, 0.15) is 0 Å². The number of aliphatic imine (C=N–C) groups is 1. The summed E-state index contributed by atoms with van der Waals surface area (Å²) in [6.45, 7) is 8.32. The van der Waals surface area contributed by atoms with E-state index in [0.29, 0.717) is 12.5 Å². The van der Waals surface area contributed by atoms with Crippen LogP contribution in [-0.4, -0.2) is 12.3 Å². The van der Waals surface area contributed by atoms with Gasteiger partial charge in [0.15, 0.2) is 0 Å². The molecule has 12 heavy (non-hydrogen) atoms. The molecule has 0 unspecified atom stereocenters. The van der Waals surface area contributed by atoms with Crippen molar-refractivity contribution in [3.63, 3.8) is 0 Å². The van der Waals surface area contributed by atoms with Gasteiger partial charge in [-0.05, 0) is 20.3 Å². The lowest BCUT2D eigenvalue weighted by Gasteiger charge is -2.17. The summed E-state index contributed by atoms with van der Waals surface area (Å²) >= 11 is 0. The Labute approximate surface area is 75.3 Å². The van der Waals surface area contributed by atoms with Crippen LogP contribution in [0, 0.1) is 16.7 Å². The zero-order chi connectivity index (χ0) is 9.61. The Bertz CT molecular complexity index is 185. The van der Waals surface area contributed by atoms with E-state index in [0.717, 1.165) is 6.42 Å². The lowest BCUT2D eigenvalue weighted by Crippen LogP contribution is -2.13. The van der Waals surface area contributed by atoms with Gasteiger partial charge >= 0.3 is 0 Å². The van der Waals surface area contributed by atoms with Gasteiger partial charge in [0.25, 0.3) is 0 Å². The van der Waals surface area contributed by atoms with E-state index >= 15 is 0 Å². The molecule has 0 saturated heterocycles. The second kappa shape index (κ2) is 4.92. The number of nitrogens with zero attached hydrogens (tertiary/aromatic N) is 2. The molecule has 0 amide bonds. The molecule has 0 N–H and O–H groups in total. The first kappa shape index (κ1) is 11.2. The van der Waals surface area contributed by atoms with E-state index in [4.69, 9.17) is 5.26 Å². The van der Waals surface area contributed by atoms with Crippen LogP contribution in [0.5, 0.6) is 0 Å². The topological polar surface area (TPSA) is 36.1 Å². The third-order valence-corrected chi connectivity index (χ3v) is 1.60. The summed E-state index contributed by atoms with van der Waals surface area (Å²) < 4.78 is 0. The molecule has 0 spiro atoms. The molecule has 68 valence electrons. The molecule has 0 rings (SSSR count). The fourth-order valence-corrected chi connectivity index (χ4v) is 0.793. The van der Waals surface area contributed by atoms with Crippen molar-refractivity contribution in [3.05, 3.63) is 0 Å². The van der Waals surface area contributed by atoms with Gasteiger partial charge in [-0.2, -0.15) is 5.26 Å². The van der Waals surface area contributed by atoms with E-state index in [1.165, 1.54) is 0 Å². The summed E-state index contributed by atoms with van der Waals surface area (Å²) in [6, 6.07) is 2.50. The summed E-state index contributed by atoms with van der Waals surface area (Å²) in [4.78, 5) is 4.31. The first-order valence-corrected chi connectivity index (χ1v) is 4.39. The maximum Gasteiger partial charge on any atom is 0.0622 e. The minimum atomic E-state index is 0.0694. The van der Waals surface area contributed by atoms with Crippen LogP contribution in [0.1, 0.15) is 40.5 Å². The fourth-order valence-electron chi connectivity index (χ4n) is 0.793. The summed E-state index contributed by atoms with van der Waals surface area (Å²) in [5, 5.41) is 8.41. The van der Waals surface area contributed by atoms with E-state index in [9.17, 15) is 0 Å². The molecule has 0 aromatic carbocycles. The van der Waals surface area contributed by atoms with Gasteiger partial charge in [0, 0.05) is 24.1 Å². The highest BCUT2D eigenvalue weighted by molar-refractivity contribution is 5.64. The highest BCUT2D eigenvalue weighted by atomic mass is 14.7. The molecule has 0 aliphatic carbocycles. The van der Waals surface area contributed by atoms with Crippen molar-refractivity contribution in [1.29, 1.82) is 5.26 Å². The predicted molar refractivity (Wildman–Crippen MR) is 52.3 cm³/mol. The molecule has 0 aliphatic rings. The standard InChI is InChI=1S/C10H18N2/c1-9(2)12-8-10(3,4)6-5-7-11/h8-9H,5-6H2,1-4H3. The van der Waals surface area contributed by atoms with Crippen molar-refractivity contribution in [2.45, 2.75) is 46.6 Å². The van der Waals surface area contributed by atoms with Crippen LogP contribution in [0.25, 0.3) is 0 Å². The second-order valence-electron chi connectivity index (χ2n) is 4.02. The first-order chi connectivity index (χ1) is 5.48. The van der Waals surface area contributed by atoms with Crippen LogP contribution in [0.2, 0.25) is 0 Å². The van der Waals surface area contributed by atoms with Crippen molar-refractivity contribution in [2.24, 2.45) is 10.4 Å². The molecule has 2 heteroatoms. The predicted octanol–water partition coefficient (Wildman–Crippen LogP) is 2.80. The Hall–Kier alpha value is -0.840. The van der Waals surface area contributed by atoms with E-state index < -0.39 is 0 Å². The third kappa shape index (κ3) is 5.91. The van der Waals surface area contributed by atoms with Crippen molar-refractivity contribution in [3.8, 4) is 6.07 Å². The molecule has 0 fully saturated rings. The highest BCUT2D eigenvalue weighted by Crippen LogP contribution is 2.19. The molecule has 0 atom stereocenters. The summed E-state index contributed by atoms with van der Waals surface area (Å²) in [5.41, 5.74) is 0.0694. The van der Waals surface area contributed by atoms with Gasteiger partial charge in [-0.1, -0.05) is 13.8 Å². The average Bonchev–Trinajstić information content (AvgIpc) is 1.98. The minimum absolute atomic E-state index is 0.0694. The van der Waals surface area contributed by atoms with Gasteiger partial charge in [0.2, 0.25) is 0 Å². The molecule has 0 aliphatic heterocycles. The highest BCUT2D eigenvalue weighted by Gasteiger charge is 2.13. The molecule has 0 radical (unpaired) electrons. The van der Waals surface area contributed by atoms with Crippen molar-refractivity contribution >= 4 is 6.21 Å². The second-order valence-corrected chi connectivity index (χ2v) is 4.02. The van der Waals surface area contributed by atoms with Crippen LogP contribution < -0.4 is 0 Å². The lowest BCUT2D eigenvalue weighted by molar-refractivity contribution is 0.492. The Kier molecular flexibility index (Phi) is 4.58. The number of hydrogen-bond donors (Lipinski definition) is 0. The number of nitriles is 1. The van der Waals surface area contributed by atoms with Crippen LogP contribution in [0.15, 0.2) is 4.99 Å². The Balaban J connectivity index is 3.95. The summed E-state index contributed by atoms with van der Waals surface area (Å²) in [5.74, 6) is 0. The van der Waals surface area contributed by atoms with Crippen molar-refractivity contribution in [1.82, 2.24) is 0 Å². The van der Waals surface area contributed by atoms with Crippen LogP contribution in [0.3, 0.4) is 0 Å². The molecule has 0 saturated carbocycles. The third-order valence-electron chi connectivity index (χ3n) is 1.60. The van der Waals surface area contributed by atoms with E-state index in [1.54, 1.807) is 0 Å². The smallest absolute Gasteiger partial charge is 0.0622 e. The maximum absolute atomic E-state index is 8.41. The molecule has 0 aromatic rings. The molecular formula is C10H18N2. The van der Waals surface area contributed by atoms with E-state index in [2.05, 4.69) is 38.8 Å². The van der Waals surface area contributed by atoms with Gasteiger partial charge in [-0.3, -0.25) is 4.99 Å². The monoisotopic (exact) mass is 166 g/mol. The van der Waals surface area contributed by atoms with Crippen LogP contribution in [-0.2, 0) is 0 Å². The molecular weight excluding hydrogens is 148 g/mol. The molecule has 0 bridgehead atoms. The summed E-state index contributed by atoms with van der Waals surface area (Å²) in [6.07, 6.45) is 3.46. The van der Waals surface area contributed by atoms with Gasteiger partial charge < -0.3 is 0 Å². The maximum atomic E-state index is 8.41. The normalized spacial score (nSPS) is 12.3. The molecule has 2 nitrogen and oxygen atoms in total.